The van der Waals surface area contributed by atoms with Crippen LogP contribution in [0.25, 0.3) is 0 Å². The van der Waals surface area contributed by atoms with Crippen molar-refractivity contribution >= 4 is 0 Å². The first-order valence-electron chi connectivity index (χ1n) is 6.84. The van der Waals surface area contributed by atoms with Crippen LogP contribution in [0.4, 0.5) is 0 Å². The molecule has 1 aromatic heterocycles. The summed E-state index contributed by atoms with van der Waals surface area (Å²) in [5, 5.41) is 4.13. The number of nitrogens with two attached hydrogens (primary N) is 1. The second-order valence-corrected chi connectivity index (χ2v) is 5.76. The van der Waals surface area contributed by atoms with Crippen molar-refractivity contribution in [3.63, 3.8) is 0 Å². The summed E-state index contributed by atoms with van der Waals surface area (Å²) in [6, 6.07) is 0. The van der Waals surface area contributed by atoms with E-state index in [9.17, 15) is 0 Å². The minimum atomic E-state index is -0.338. The van der Waals surface area contributed by atoms with Gasteiger partial charge in [0, 0.05) is 5.92 Å². The topological polar surface area (TPSA) is 64.9 Å². The zero-order chi connectivity index (χ0) is 11.9. The molecule has 2 aliphatic carbocycles. The first-order valence-corrected chi connectivity index (χ1v) is 6.84. The molecule has 0 bridgehead atoms. The predicted molar refractivity (Wildman–Crippen MR) is 64.4 cm³/mol. The van der Waals surface area contributed by atoms with Crippen molar-refractivity contribution in [3.05, 3.63) is 11.7 Å². The highest BCUT2D eigenvalue weighted by molar-refractivity contribution is 5.10. The Morgan fingerprint density at radius 2 is 2.24 bits per heavy atom. The Balaban J connectivity index is 1.79. The lowest BCUT2D eigenvalue weighted by Gasteiger charge is -2.35. The van der Waals surface area contributed by atoms with Gasteiger partial charge in [-0.1, -0.05) is 31.3 Å². The van der Waals surface area contributed by atoms with Crippen LogP contribution in [0.3, 0.4) is 0 Å². The molecule has 17 heavy (non-hydrogen) atoms. The second-order valence-electron chi connectivity index (χ2n) is 5.76. The maximum atomic E-state index is 6.50. The molecule has 0 aromatic carbocycles. The Morgan fingerprint density at radius 1 is 1.41 bits per heavy atom. The van der Waals surface area contributed by atoms with Crippen LogP contribution in [0, 0.1) is 5.92 Å². The van der Waals surface area contributed by atoms with Gasteiger partial charge in [-0.15, -0.1) is 0 Å². The van der Waals surface area contributed by atoms with Gasteiger partial charge in [-0.25, -0.2) is 0 Å². The number of hydrogen-bond donors (Lipinski definition) is 1. The van der Waals surface area contributed by atoms with Gasteiger partial charge in [0.1, 0.15) is 0 Å². The minimum absolute atomic E-state index is 0.338. The van der Waals surface area contributed by atoms with Gasteiger partial charge in [-0.2, -0.15) is 4.98 Å². The van der Waals surface area contributed by atoms with Crippen molar-refractivity contribution in [2.24, 2.45) is 11.7 Å². The van der Waals surface area contributed by atoms with Crippen molar-refractivity contribution in [1.82, 2.24) is 10.1 Å². The highest BCUT2D eigenvalue weighted by Gasteiger charge is 2.39. The highest BCUT2D eigenvalue weighted by Crippen LogP contribution is 2.42. The van der Waals surface area contributed by atoms with Crippen LogP contribution in [0.5, 0.6) is 0 Å². The number of aromatic nitrogens is 2. The Hall–Kier alpha value is -0.900. The summed E-state index contributed by atoms with van der Waals surface area (Å²) < 4.78 is 5.33. The lowest BCUT2D eigenvalue weighted by atomic mass is 9.75. The smallest absolute Gasteiger partial charge is 0.229 e. The second kappa shape index (κ2) is 4.09. The maximum Gasteiger partial charge on any atom is 0.229 e. The van der Waals surface area contributed by atoms with Gasteiger partial charge in [0.2, 0.25) is 5.89 Å². The molecular formula is C13H21N3O. The molecule has 4 heteroatoms. The first kappa shape index (κ1) is 11.2. The van der Waals surface area contributed by atoms with E-state index in [4.69, 9.17) is 10.3 Å². The van der Waals surface area contributed by atoms with Crippen LogP contribution in [-0.4, -0.2) is 10.1 Å². The lowest BCUT2D eigenvalue weighted by molar-refractivity contribution is 0.206. The average molecular weight is 235 g/mol. The molecule has 1 heterocycles. The van der Waals surface area contributed by atoms with Gasteiger partial charge < -0.3 is 10.3 Å². The molecule has 0 aliphatic heterocycles. The zero-order valence-corrected chi connectivity index (χ0v) is 10.5. The van der Waals surface area contributed by atoms with Crippen molar-refractivity contribution in [2.45, 2.75) is 63.3 Å². The van der Waals surface area contributed by atoms with E-state index in [0.29, 0.717) is 5.92 Å². The van der Waals surface area contributed by atoms with Gasteiger partial charge in [0.05, 0.1) is 5.54 Å². The van der Waals surface area contributed by atoms with Gasteiger partial charge in [0.15, 0.2) is 5.82 Å². The normalized spacial score (nSPS) is 33.9. The van der Waals surface area contributed by atoms with E-state index in [2.05, 4.69) is 17.1 Å². The first-order chi connectivity index (χ1) is 8.21. The summed E-state index contributed by atoms with van der Waals surface area (Å²) in [5.41, 5.74) is 6.16. The Labute approximate surface area is 102 Å². The van der Waals surface area contributed by atoms with E-state index in [1.165, 1.54) is 32.1 Å². The van der Waals surface area contributed by atoms with E-state index >= 15 is 0 Å². The largest absolute Gasteiger partial charge is 0.339 e. The van der Waals surface area contributed by atoms with E-state index in [-0.39, 0.29) is 5.54 Å². The zero-order valence-electron chi connectivity index (χ0n) is 10.5. The van der Waals surface area contributed by atoms with Crippen molar-refractivity contribution in [1.29, 1.82) is 0 Å². The van der Waals surface area contributed by atoms with Crippen LogP contribution in [0.15, 0.2) is 4.52 Å². The SMILES string of the molecule is CCC1CCCC(N)(c2noc(C3CC3)n2)C1. The Kier molecular flexibility index (Phi) is 2.69. The van der Waals surface area contributed by atoms with E-state index in [0.717, 1.165) is 30.5 Å². The standard InChI is InChI=1S/C13H21N3O/c1-2-9-4-3-7-13(14,8-9)12-15-11(17-16-12)10-5-6-10/h9-10H,2-8,14H2,1H3. The Bertz CT molecular complexity index is 399. The van der Waals surface area contributed by atoms with Crippen molar-refractivity contribution < 1.29 is 4.52 Å². The molecular weight excluding hydrogens is 214 g/mol. The summed E-state index contributed by atoms with van der Waals surface area (Å²) >= 11 is 0. The van der Waals surface area contributed by atoms with Gasteiger partial charge >= 0.3 is 0 Å². The third-order valence-electron chi connectivity index (χ3n) is 4.28. The quantitative estimate of drug-likeness (QED) is 0.874. The minimum Gasteiger partial charge on any atom is -0.339 e. The highest BCUT2D eigenvalue weighted by atomic mass is 16.5. The number of hydrogen-bond acceptors (Lipinski definition) is 4. The number of rotatable bonds is 3. The van der Waals surface area contributed by atoms with Gasteiger partial charge in [-0.3, -0.25) is 0 Å². The number of nitrogens with zero attached hydrogens (tertiary/aromatic N) is 2. The maximum absolute atomic E-state index is 6.50. The monoisotopic (exact) mass is 235 g/mol. The van der Waals surface area contributed by atoms with Crippen molar-refractivity contribution in [3.8, 4) is 0 Å². The predicted octanol–water partition coefficient (Wildman–Crippen LogP) is 2.70. The van der Waals surface area contributed by atoms with Crippen LogP contribution < -0.4 is 5.73 Å². The molecule has 2 unspecified atom stereocenters. The molecule has 0 amide bonds. The van der Waals surface area contributed by atoms with Crippen LogP contribution in [-0.2, 0) is 5.54 Å². The fourth-order valence-corrected chi connectivity index (χ4v) is 2.91. The summed E-state index contributed by atoms with van der Waals surface area (Å²) in [6.07, 6.45) is 8.06. The average Bonchev–Trinajstić information content (AvgIpc) is 3.06. The molecule has 2 saturated carbocycles. The van der Waals surface area contributed by atoms with Crippen LogP contribution in [0.1, 0.15) is 69.5 Å². The van der Waals surface area contributed by atoms with Gasteiger partial charge in [0.25, 0.3) is 0 Å². The molecule has 4 nitrogen and oxygen atoms in total. The molecule has 2 atom stereocenters. The molecule has 0 radical (unpaired) electrons. The van der Waals surface area contributed by atoms with Gasteiger partial charge in [-0.05, 0) is 31.6 Å². The fourth-order valence-electron chi connectivity index (χ4n) is 2.91. The van der Waals surface area contributed by atoms with E-state index < -0.39 is 0 Å². The summed E-state index contributed by atoms with van der Waals surface area (Å²) in [5.74, 6) is 2.79. The molecule has 2 fully saturated rings. The van der Waals surface area contributed by atoms with Crippen LogP contribution >= 0.6 is 0 Å². The third kappa shape index (κ3) is 2.10. The molecule has 2 N–H and O–H groups in total. The molecule has 2 aliphatic rings. The molecule has 94 valence electrons. The lowest BCUT2D eigenvalue weighted by Crippen LogP contribution is -2.42. The third-order valence-corrected chi connectivity index (χ3v) is 4.28. The molecule has 3 rings (SSSR count). The summed E-state index contributed by atoms with van der Waals surface area (Å²) in [4.78, 5) is 4.53. The molecule has 0 spiro atoms. The Morgan fingerprint density at radius 3 is 2.94 bits per heavy atom. The van der Waals surface area contributed by atoms with E-state index in [1.807, 2.05) is 0 Å². The van der Waals surface area contributed by atoms with E-state index in [1.54, 1.807) is 0 Å². The summed E-state index contributed by atoms with van der Waals surface area (Å²) in [6.45, 7) is 2.24. The molecule has 1 aromatic rings. The van der Waals surface area contributed by atoms with Crippen LogP contribution in [0.2, 0.25) is 0 Å². The van der Waals surface area contributed by atoms with Crippen molar-refractivity contribution in [2.75, 3.05) is 0 Å². The summed E-state index contributed by atoms with van der Waals surface area (Å²) in [7, 11) is 0. The fraction of sp³-hybridized carbons (Fsp3) is 0.846. The molecule has 0 saturated heterocycles.